The van der Waals surface area contributed by atoms with Gasteiger partial charge in [0.05, 0.1) is 16.0 Å². The molecular weight excluding hydrogens is 356 g/mol. The normalized spacial score (nSPS) is 15.6. The van der Waals surface area contributed by atoms with Gasteiger partial charge in [-0.15, -0.1) is 0 Å². The maximum atomic E-state index is 11.0. The minimum atomic E-state index is -1.79. The second-order valence-corrected chi connectivity index (χ2v) is 6.24. The predicted molar refractivity (Wildman–Crippen MR) is 96.6 cm³/mol. The first-order valence-corrected chi connectivity index (χ1v) is 7.97. The van der Waals surface area contributed by atoms with E-state index in [2.05, 4.69) is 5.32 Å². The molecule has 144 valence electrons. The molecule has 5 N–H and O–H groups in total. The first-order valence-electron chi connectivity index (χ1n) is 7.97. The molecule has 0 saturated carbocycles. The number of rotatable bonds is 7. The minimum absolute atomic E-state index is 0.163. The Morgan fingerprint density at radius 3 is 2.37 bits per heavy atom. The van der Waals surface area contributed by atoms with Crippen LogP contribution in [0.15, 0.2) is 42.5 Å². The van der Waals surface area contributed by atoms with Gasteiger partial charge in [0, 0.05) is 29.3 Å². The summed E-state index contributed by atoms with van der Waals surface area (Å²) in [5.41, 5.74) is 4.44. The number of hydrogen-bond acceptors (Lipinski definition) is 8. The summed E-state index contributed by atoms with van der Waals surface area (Å²) in [5.74, 6) is 0. The fraction of sp³-hybridized carbons (Fsp3) is 0.294. The Hall–Kier alpha value is -2.92. The summed E-state index contributed by atoms with van der Waals surface area (Å²) in [4.78, 5) is 20.8. The summed E-state index contributed by atoms with van der Waals surface area (Å²) in [6, 6.07) is 9.58. The number of nitro benzene ring substituents is 2. The zero-order chi connectivity index (χ0) is 20.4. The topological polar surface area (TPSA) is 165 Å². The van der Waals surface area contributed by atoms with Crippen LogP contribution >= 0.6 is 0 Å². The molecule has 10 nitrogen and oxygen atoms in total. The molecule has 10 heteroatoms. The average molecular weight is 376 g/mol. The molecule has 0 fully saturated rings. The molecule has 2 aromatic carbocycles. The molecular formula is C17H20N4O6. The van der Waals surface area contributed by atoms with E-state index >= 15 is 0 Å². The second-order valence-electron chi connectivity index (χ2n) is 6.24. The van der Waals surface area contributed by atoms with Gasteiger partial charge in [0.15, 0.2) is 0 Å². The summed E-state index contributed by atoms with van der Waals surface area (Å²) >= 11 is 0. The molecule has 0 saturated heterocycles. The molecule has 0 unspecified atom stereocenters. The van der Waals surface area contributed by atoms with E-state index in [1.165, 1.54) is 56.3 Å². The maximum absolute atomic E-state index is 11.0. The number of nitrogens with zero attached hydrogens (tertiary/aromatic N) is 2. The largest absolute Gasteiger partial charge is 0.385 e. The van der Waals surface area contributed by atoms with Gasteiger partial charge in [-0.1, -0.05) is 24.3 Å². The van der Waals surface area contributed by atoms with Crippen LogP contribution in [0.4, 0.5) is 11.4 Å². The molecule has 0 aliphatic heterocycles. The number of hydrogen-bond donors (Lipinski definition) is 4. The molecule has 0 aliphatic carbocycles. The van der Waals surface area contributed by atoms with Crippen LogP contribution in [0.25, 0.3) is 0 Å². The number of non-ortho nitro benzene ring substituents is 1. The van der Waals surface area contributed by atoms with Crippen molar-refractivity contribution in [2.24, 2.45) is 5.73 Å². The van der Waals surface area contributed by atoms with Crippen LogP contribution in [-0.2, 0) is 5.72 Å². The zero-order valence-electron chi connectivity index (χ0n) is 14.7. The van der Waals surface area contributed by atoms with Crippen molar-refractivity contribution in [2.75, 3.05) is 0 Å². The third-order valence-corrected chi connectivity index (χ3v) is 4.27. The van der Waals surface area contributed by atoms with Gasteiger partial charge < -0.3 is 15.9 Å². The Morgan fingerprint density at radius 2 is 1.78 bits per heavy atom. The smallest absolute Gasteiger partial charge is 0.272 e. The van der Waals surface area contributed by atoms with Crippen molar-refractivity contribution in [3.8, 4) is 0 Å². The van der Waals surface area contributed by atoms with Crippen molar-refractivity contribution in [3.63, 3.8) is 0 Å². The zero-order valence-corrected chi connectivity index (χ0v) is 14.7. The third kappa shape index (κ3) is 4.44. The van der Waals surface area contributed by atoms with Crippen LogP contribution in [-0.4, -0.2) is 26.2 Å². The Morgan fingerprint density at radius 1 is 1.15 bits per heavy atom. The van der Waals surface area contributed by atoms with Gasteiger partial charge in [0.25, 0.3) is 11.4 Å². The predicted octanol–water partition coefficient (Wildman–Crippen LogP) is 1.58. The lowest BCUT2D eigenvalue weighted by molar-refractivity contribution is -0.385. The van der Waals surface area contributed by atoms with Crippen molar-refractivity contribution < 1.29 is 20.1 Å². The van der Waals surface area contributed by atoms with Crippen LogP contribution in [0, 0.1) is 27.2 Å². The van der Waals surface area contributed by atoms with Gasteiger partial charge in [-0.2, -0.15) is 0 Å². The quantitative estimate of drug-likeness (QED) is 0.321. The number of nitrogens with two attached hydrogens (primary N) is 1. The second kappa shape index (κ2) is 7.76. The summed E-state index contributed by atoms with van der Waals surface area (Å²) < 4.78 is 0. The van der Waals surface area contributed by atoms with Crippen LogP contribution < -0.4 is 11.1 Å². The van der Waals surface area contributed by atoms with Crippen LogP contribution in [0.3, 0.4) is 0 Å². The molecule has 0 aromatic heterocycles. The molecule has 0 radical (unpaired) electrons. The molecule has 0 heterocycles. The van der Waals surface area contributed by atoms with E-state index in [0.29, 0.717) is 0 Å². The van der Waals surface area contributed by atoms with Crippen molar-refractivity contribution in [1.29, 1.82) is 0 Å². The van der Waals surface area contributed by atoms with Crippen molar-refractivity contribution in [1.82, 2.24) is 5.32 Å². The molecule has 0 bridgehead atoms. The van der Waals surface area contributed by atoms with Gasteiger partial charge in [-0.25, -0.2) is 0 Å². The van der Waals surface area contributed by atoms with Crippen LogP contribution in [0.1, 0.15) is 29.7 Å². The monoisotopic (exact) mass is 376 g/mol. The van der Waals surface area contributed by atoms with Crippen molar-refractivity contribution in [2.45, 2.75) is 31.8 Å². The van der Waals surface area contributed by atoms with E-state index in [-0.39, 0.29) is 28.1 Å². The lowest BCUT2D eigenvalue weighted by Gasteiger charge is -2.31. The van der Waals surface area contributed by atoms with Gasteiger partial charge >= 0.3 is 0 Å². The maximum Gasteiger partial charge on any atom is 0.272 e. The molecule has 0 aliphatic rings. The number of benzene rings is 2. The van der Waals surface area contributed by atoms with Gasteiger partial charge in [-0.3, -0.25) is 25.5 Å². The van der Waals surface area contributed by atoms with Crippen LogP contribution in [0.5, 0.6) is 0 Å². The average Bonchev–Trinajstić information content (AvgIpc) is 2.60. The molecule has 0 spiro atoms. The Balaban J connectivity index is 2.26. The number of nitro groups is 2. The Labute approximate surface area is 154 Å². The lowest BCUT2D eigenvalue weighted by Crippen LogP contribution is -2.52. The fourth-order valence-electron chi connectivity index (χ4n) is 2.76. The number of nitrogens with one attached hydrogen (secondary N) is 1. The summed E-state index contributed by atoms with van der Waals surface area (Å²) in [6.07, 6.45) is -2.57. The Kier molecular flexibility index (Phi) is 5.86. The van der Waals surface area contributed by atoms with E-state index in [0.717, 1.165) is 0 Å². The molecule has 3 atom stereocenters. The van der Waals surface area contributed by atoms with E-state index < -0.39 is 27.8 Å². The number of aliphatic hydroxyl groups is 2. The third-order valence-electron chi connectivity index (χ3n) is 4.27. The molecule has 2 rings (SSSR count). The van der Waals surface area contributed by atoms with Gasteiger partial charge in [0.1, 0.15) is 11.8 Å². The molecule has 0 amide bonds. The van der Waals surface area contributed by atoms with Gasteiger partial charge in [0.2, 0.25) is 0 Å². The first-order chi connectivity index (χ1) is 12.5. The summed E-state index contributed by atoms with van der Waals surface area (Å²) in [6.45, 7) is 2.82. The summed E-state index contributed by atoms with van der Waals surface area (Å²) in [7, 11) is 0. The van der Waals surface area contributed by atoms with Gasteiger partial charge in [-0.05, 0) is 19.4 Å². The molecule has 2 aromatic rings. The SMILES string of the molecule is Cc1c([C@@H](O)[C@H](N)N[C@](C)(O)c2cccc([N+](=O)[O-])c2)cccc1[N+](=O)[O-]. The fourth-order valence-corrected chi connectivity index (χ4v) is 2.76. The highest BCUT2D eigenvalue weighted by Crippen LogP contribution is 2.28. The van der Waals surface area contributed by atoms with E-state index in [4.69, 9.17) is 5.73 Å². The standard InChI is InChI=1S/C17H20N4O6/c1-10-13(7-4-8-14(10)21(26)27)15(22)16(18)19-17(2,23)11-5-3-6-12(9-11)20(24)25/h3-9,15-16,19,22-23H,18H2,1-2H3/t15-,16-,17-/m1/s1. The highest BCUT2D eigenvalue weighted by molar-refractivity contribution is 5.45. The van der Waals surface area contributed by atoms with E-state index in [9.17, 15) is 30.4 Å². The number of aliphatic hydroxyl groups excluding tert-OH is 1. The first kappa shape index (κ1) is 20.4. The lowest BCUT2D eigenvalue weighted by atomic mass is 9.98. The minimum Gasteiger partial charge on any atom is -0.385 e. The highest BCUT2D eigenvalue weighted by atomic mass is 16.6. The van der Waals surface area contributed by atoms with E-state index in [1.54, 1.807) is 0 Å². The van der Waals surface area contributed by atoms with Crippen LogP contribution in [0.2, 0.25) is 0 Å². The van der Waals surface area contributed by atoms with Crippen molar-refractivity contribution >= 4 is 11.4 Å². The van der Waals surface area contributed by atoms with E-state index in [1.807, 2.05) is 0 Å². The van der Waals surface area contributed by atoms with Crippen molar-refractivity contribution in [3.05, 3.63) is 79.4 Å². The Bertz CT molecular complexity index is 870. The highest BCUT2D eigenvalue weighted by Gasteiger charge is 2.31. The summed E-state index contributed by atoms with van der Waals surface area (Å²) in [5, 5.41) is 45.7. The molecule has 27 heavy (non-hydrogen) atoms.